The van der Waals surface area contributed by atoms with Crippen LogP contribution in [0.2, 0.25) is 0 Å². The molecule has 0 aliphatic heterocycles. The zero-order chi connectivity index (χ0) is 42.7. The summed E-state index contributed by atoms with van der Waals surface area (Å²) < 4.78 is 6.91. The summed E-state index contributed by atoms with van der Waals surface area (Å²) in [5, 5.41) is 16.7. The van der Waals surface area contributed by atoms with Gasteiger partial charge in [0.1, 0.15) is 22.6 Å². The number of hydrogen-bond acceptors (Lipinski definition) is 4. The van der Waals surface area contributed by atoms with Gasteiger partial charge in [-0.15, -0.1) is 10.2 Å². The quantitative estimate of drug-likeness (QED) is 0.161. The monoisotopic (exact) mass is 819 g/mol. The number of para-hydroxylation sites is 1. The van der Waals surface area contributed by atoms with E-state index in [1.807, 2.05) is 6.07 Å². The Labute approximate surface area is 372 Å². The van der Waals surface area contributed by atoms with Crippen molar-refractivity contribution in [2.75, 3.05) is 0 Å². The predicted octanol–water partition coefficient (Wildman–Crippen LogP) is 15.6. The van der Waals surface area contributed by atoms with E-state index in [-0.39, 0.29) is 0 Å². The van der Waals surface area contributed by atoms with Crippen LogP contribution in [0.25, 0.3) is 111 Å². The first-order valence-electron chi connectivity index (χ1n) is 21.9. The van der Waals surface area contributed by atoms with Crippen molar-refractivity contribution in [1.29, 1.82) is 0 Å². The lowest BCUT2D eigenvalue weighted by atomic mass is 9.78. The first-order valence-corrected chi connectivity index (χ1v) is 21.9. The fourth-order valence-corrected chi connectivity index (χ4v) is 10.2. The Morgan fingerprint density at radius 3 is 1.66 bits per heavy atom. The maximum atomic E-state index is 6.91. The molecule has 64 heavy (non-hydrogen) atoms. The Bertz CT molecular complexity index is 3590. The van der Waals surface area contributed by atoms with E-state index < -0.39 is 0 Å². The van der Waals surface area contributed by atoms with Crippen LogP contribution in [0.4, 0.5) is 0 Å². The van der Waals surface area contributed by atoms with Crippen molar-refractivity contribution in [2.45, 2.75) is 20.3 Å². The summed E-state index contributed by atoms with van der Waals surface area (Å²) >= 11 is 0. The Kier molecular flexibility index (Phi) is 8.98. The van der Waals surface area contributed by atoms with Crippen molar-refractivity contribution in [3.63, 3.8) is 0 Å². The average molecular weight is 820 g/mol. The van der Waals surface area contributed by atoms with Crippen LogP contribution in [0.3, 0.4) is 0 Å². The number of rotatable bonds is 7. The molecule has 1 aliphatic rings. The van der Waals surface area contributed by atoms with E-state index in [9.17, 15) is 0 Å². The van der Waals surface area contributed by atoms with Gasteiger partial charge in [-0.2, -0.15) is 0 Å². The van der Waals surface area contributed by atoms with E-state index in [1.165, 1.54) is 44.5 Å². The van der Waals surface area contributed by atoms with Crippen molar-refractivity contribution in [2.24, 2.45) is 0 Å². The van der Waals surface area contributed by atoms with Crippen LogP contribution in [0.15, 0.2) is 205 Å². The molecule has 4 nitrogen and oxygen atoms in total. The van der Waals surface area contributed by atoms with Crippen LogP contribution in [0.1, 0.15) is 22.3 Å². The fourth-order valence-electron chi connectivity index (χ4n) is 10.2. The highest BCUT2D eigenvalue weighted by atomic mass is 16.3. The number of benzene rings is 9. The summed E-state index contributed by atoms with van der Waals surface area (Å²) in [5.41, 5.74) is 23.9. The molecule has 0 N–H and O–H groups in total. The second-order valence-electron chi connectivity index (χ2n) is 16.7. The normalized spacial score (nSPS) is 11.8. The molecule has 2 aromatic heterocycles. The van der Waals surface area contributed by atoms with Gasteiger partial charge in [0.05, 0.1) is 0 Å². The summed E-state index contributed by atoms with van der Waals surface area (Å²) in [7, 11) is 0. The highest BCUT2D eigenvalue weighted by Crippen LogP contribution is 2.55. The Balaban J connectivity index is 1.25. The van der Waals surface area contributed by atoms with E-state index in [2.05, 4.69) is 213 Å². The minimum absolute atomic E-state index is 0.753. The van der Waals surface area contributed by atoms with Crippen LogP contribution in [-0.2, 0) is 6.42 Å². The van der Waals surface area contributed by atoms with E-state index >= 15 is 0 Å². The lowest BCUT2D eigenvalue weighted by Gasteiger charge is -2.24. The third-order valence-electron chi connectivity index (χ3n) is 13.2. The zero-order valence-electron chi connectivity index (χ0n) is 35.5. The summed E-state index contributed by atoms with van der Waals surface area (Å²) in [6.45, 7) is 4.56. The molecule has 12 rings (SSSR count). The summed E-state index contributed by atoms with van der Waals surface area (Å²) in [6, 6.07) is 71.1. The van der Waals surface area contributed by atoms with Gasteiger partial charge in [-0.3, -0.25) is 0 Å². The SMILES string of the molecule is Cc1cc2c(c(-c3c(-c4ccccc4)cc4oc5ccccc5c4c3-c3ccccc3-c3nnnc(-c4ccccc4)c3-c3ccccc3-c3ccccc3)c1C)Cc1ccccc1-2. The topological polar surface area (TPSA) is 51.8 Å². The van der Waals surface area contributed by atoms with E-state index in [0.717, 1.165) is 95.4 Å². The second kappa shape index (κ2) is 15.3. The molecule has 2 heterocycles. The lowest BCUT2D eigenvalue weighted by Crippen LogP contribution is -2.03. The molecule has 11 aromatic rings. The van der Waals surface area contributed by atoms with Gasteiger partial charge in [0.25, 0.3) is 0 Å². The number of aryl methyl sites for hydroxylation is 1. The van der Waals surface area contributed by atoms with Gasteiger partial charge in [0.2, 0.25) is 0 Å². The van der Waals surface area contributed by atoms with Crippen LogP contribution in [0.5, 0.6) is 0 Å². The molecule has 4 heteroatoms. The molecule has 0 saturated heterocycles. The van der Waals surface area contributed by atoms with Gasteiger partial charge in [-0.25, -0.2) is 0 Å². The van der Waals surface area contributed by atoms with Crippen LogP contribution >= 0.6 is 0 Å². The van der Waals surface area contributed by atoms with Gasteiger partial charge in [0, 0.05) is 33.0 Å². The molecule has 302 valence electrons. The first-order chi connectivity index (χ1) is 31.6. The molecule has 0 saturated carbocycles. The molecule has 0 bridgehead atoms. The van der Waals surface area contributed by atoms with Crippen LogP contribution < -0.4 is 0 Å². The van der Waals surface area contributed by atoms with Gasteiger partial charge in [-0.05, 0) is 116 Å². The van der Waals surface area contributed by atoms with Crippen molar-refractivity contribution in [3.8, 4) is 89.3 Å². The van der Waals surface area contributed by atoms with Crippen molar-refractivity contribution in [1.82, 2.24) is 15.4 Å². The Hall–Kier alpha value is -8.21. The standard InChI is InChI=1S/C60H41N3O/c1-37-34-50-44-28-13-12-26-42(44)35-51(50)54(38(37)2)57-49(40-22-8-4-9-23-40)36-53-55(48-32-18-19-33-52(48)64-53)56(57)46-30-16-17-31-47(46)60-58(59(61-63-62-60)41-24-10-5-11-25-41)45-29-15-14-27-43(45)39-20-6-3-7-21-39/h3-34,36H,35H2,1-2H3. The maximum absolute atomic E-state index is 6.91. The highest BCUT2D eigenvalue weighted by Gasteiger charge is 2.31. The number of nitrogens with zero attached hydrogens (tertiary/aromatic N) is 3. The Morgan fingerprint density at radius 2 is 0.938 bits per heavy atom. The zero-order valence-corrected chi connectivity index (χ0v) is 35.5. The van der Waals surface area contributed by atoms with E-state index in [4.69, 9.17) is 14.6 Å². The smallest absolute Gasteiger partial charge is 0.136 e. The maximum Gasteiger partial charge on any atom is 0.136 e. The molecular formula is C60H41N3O. The van der Waals surface area contributed by atoms with E-state index in [1.54, 1.807) is 0 Å². The largest absolute Gasteiger partial charge is 0.456 e. The number of furan rings is 1. The van der Waals surface area contributed by atoms with Gasteiger partial charge < -0.3 is 4.42 Å². The molecular weight excluding hydrogens is 779 g/mol. The summed E-state index contributed by atoms with van der Waals surface area (Å²) in [4.78, 5) is 0. The first kappa shape index (κ1) is 37.5. The molecule has 0 fully saturated rings. The molecule has 0 amide bonds. The number of aromatic nitrogens is 3. The molecule has 0 spiro atoms. The van der Waals surface area contributed by atoms with Crippen molar-refractivity contribution >= 4 is 21.9 Å². The molecule has 0 unspecified atom stereocenters. The third kappa shape index (κ3) is 6.02. The van der Waals surface area contributed by atoms with E-state index in [0.29, 0.717) is 0 Å². The number of fused-ring (bicyclic) bond motifs is 6. The second-order valence-corrected chi connectivity index (χ2v) is 16.7. The van der Waals surface area contributed by atoms with Gasteiger partial charge in [0.15, 0.2) is 0 Å². The minimum Gasteiger partial charge on any atom is -0.456 e. The molecule has 9 aromatic carbocycles. The summed E-state index contributed by atoms with van der Waals surface area (Å²) in [5.74, 6) is 0. The van der Waals surface area contributed by atoms with Gasteiger partial charge >= 0.3 is 0 Å². The third-order valence-corrected chi connectivity index (χ3v) is 13.2. The Morgan fingerprint density at radius 1 is 0.391 bits per heavy atom. The van der Waals surface area contributed by atoms with Crippen LogP contribution in [0, 0.1) is 13.8 Å². The fraction of sp³-hybridized carbons (Fsp3) is 0.0500. The number of hydrogen-bond donors (Lipinski definition) is 0. The summed E-state index contributed by atoms with van der Waals surface area (Å²) in [6.07, 6.45) is 0.845. The highest BCUT2D eigenvalue weighted by molar-refractivity contribution is 6.21. The van der Waals surface area contributed by atoms with Crippen molar-refractivity contribution < 1.29 is 4.42 Å². The molecule has 1 aliphatic carbocycles. The lowest BCUT2D eigenvalue weighted by molar-refractivity contribution is 0.669. The van der Waals surface area contributed by atoms with Gasteiger partial charge in [-0.1, -0.05) is 188 Å². The minimum atomic E-state index is 0.753. The average Bonchev–Trinajstić information content (AvgIpc) is 3.92. The van der Waals surface area contributed by atoms with Crippen LogP contribution in [-0.4, -0.2) is 15.4 Å². The predicted molar refractivity (Wildman–Crippen MR) is 263 cm³/mol. The van der Waals surface area contributed by atoms with Crippen molar-refractivity contribution in [3.05, 3.63) is 222 Å². The molecule has 0 radical (unpaired) electrons. The molecule has 0 atom stereocenters.